The number of aromatic amines is 1. The second kappa shape index (κ2) is 5.99. The highest BCUT2D eigenvalue weighted by Gasteiger charge is 2.11. The average molecular weight is 271 g/mol. The maximum Gasteiger partial charge on any atom is 0.317 e. The summed E-state index contributed by atoms with van der Waals surface area (Å²) in [5, 5.41) is 9.31. The molecule has 0 aliphatic carbocycles. The monoisotopic (exact) mass is 271 g/mol. The average Bonchev–Trinajstić information content (AvgIpc) is 2.38. The smallest absolute Gasteiger partial charge is 0.317 e. The third-order valence-electron chi connectivity index (χ3n) is 2.71. The van der Waals surface area contributed by atoms with E-state index in [0.717, 1.165) is 0 Å². The summed E-state index contributed by atoms with van der Waals surface area (Å²) in [5.41, 5.74) is 0.323. The Kier molecular flexibility index (Phi) is 4.13. The topological polar surface area (TPSA) is 86.3 Å². The predicted molar refractivity (Wildman–Crippen MR) is 74.1 cm³/mol. The van der Waals surface area contributed by atoms with Gasteiger partial charge in [-0.3, -0.25) is 14.5 Å². The van der Waals surface area contributed by atoms with Gasteiger partial charge < -0.3 is 10.1 Å². The van der Waals surface area contributed by atoms with Crippen molar-refractivity contribution in [3.05, 3.63) is 40.4 Å². The Morgan fingerprint density at radius 1 is 1.45 bits per heavy atom. The second-order valence-electron chi connectivity index (χ2n) is 4.27. The lowest BCUT2D eigenvalue weighted by molar-refractivity contribution is -0.138. The third kappa shape index (κ3) is 3.22. The van der Waals surface area contributed by atoms with E-state index in [9.17, 15) is 9.59 Å². The number of fused-ring (bicyclic) bond motifs is 1. The van der Waals surface area contributed by atoms with Crippen LogP contribution in [0, 0.1) is 12.3 Å². The maximum atomic E-state index is 11.9. The molecule has 6 heteroatoms. The van der Waals surface area contributed by atoms with E-state index in [4.69, 9.17) is 11.5 Å². The molecule has 0 saturated carbocycles. The van der Waals surface area contributed by atoms with Crippen molar-refractivity contribution in [2.75, 3.05) is 13.1 Å². The van der Waals surface area contributed by atoms with Crippen molar-refractivity contribution >= 4 is 16.9 Å². The number of nitrogens with one attached hydrogen (secondary N) is 1. The van der Waals surface area contributed by atoms with Crippen LogP contribution in [0.5, 0.6) is 0 Å². The lowest BCUT2D eigenvalue weighted by Crippen LogP contribution is -2.31. The summed E-state index contributed by atoms with van der Waals surface area (Å²) >= 11 is 0. The molecule has 0 unspecified atom stereocenters. The lowest BCUT2D eigenvalue weighted by atomic mass is 10.2. The maximum absolute atomic E-state index is 11.9. The Balaban J connectivity index is 2.30. The highest BCUT2D eigenvalue weighted by atomic mass is 16.4. The van der Waals surface area contributed by atoms with E-state index in [0.29, 0.717) is 16.7 Å². The first-order valence-electron chi connectivity index (χ1n) is 5.95. The molecule has 6 nitrogen and oxygen atoms in total. The highest BCUT2D eigenvalue weighted by Crippen LogP contribution is 2.06. The van der Waals surface area contributed by atoms with Crippen LogP contribution < -0.4 is 5.56 Å². The van der Waals surface area contributed by atoms with E-state index in [1.165, 1.54) is 4.90 Å². The molecule has 0 spiro atoms. The van der Waals surface area contributed by atoms with Crippen LogP contribution in [0.25, 0.3) is 10.9 Å². The normalized spacial score (nSPS) is 10.6. The molecule has 2 rings (SSSR count). The van der Waals surface area contributed by atoms with Gasteiger partial charge in [-0.25, -0.2) is 4.98 Å². The first kappa shape index (κ1) is 13.8. The van der Waals surface area contributed by atoms with Gasteiger partial charge in [0.1, 0.15) is 5.82 Å². The number of para-hydroxylation sites is 1. The summed E-state index contributed by atoms with van der Waals surface area (Å²) in [6, 6.07) is 6.96. The van der Waals surface area contributed by atoms with Crippen molar-refractivity contribution < 1.29 is 9.90 Å². The SMILES string of the molecule is C#CCN(CC(=O)O)Cc1nc2ccccc2c(=O)[nH]1. The molecule has 0 radical (unpaired) electrons. The molecular weight excluding hydrogens is 258 g/mol. The molecule has 102 valence electrons. The number of carboxylic acids is 1. The number of terminal acetylenes is 1. The summed E-state index contributed by atoms with van der Waals surface area (Å²) in [7, 11) is 0. The van der Waals surface area contributed by atoms with Crippen LogP contribution >= 0.6 is 0 Å². The standard InChI is InChI=1S/C14H13N3O3/c1-2-7-17(9-13(18)19)8-12-15-11-6-4-3-5-10(11)14(20)16-12/h1,3-6H,7-9H2,(H,18,19)(H,15,16,20). The van der Waals surface area contributed by atoms with Crippen LogP contribution in [-0.4, -0.2) is 39.0 Å². The number of carbonyl (C=O) groups is 1. The Labute approximate surface area is 115 Å². The molecule has 0 fully saturated rings. The summed E-state index contributed by atoms with van der Waals surface area (Å²) in [5.74, 6) is 1.80. The molecule has 2 aromatic rings. The Bertz CT molecular complexity index is 730. The Morgan fingerprint density at radius 2 is 2.20 bits per heavy atom. The number of H-pyrrole nitrogens is 1. The van der Waals surface area contributed by atoms with Crippen molar-refractivity contribution in [3.8, 4) is 12.3 Å². The van der Waals surface area contributed by atoms with Crippen LogP contribution in [0.4, 0.5) is 0 Å². The number of carboxylic acid groups (broad SMARTS) is 1. The van der Waals surface area contributed by atoms with Gasteiger partial charge in [0.05, 0.1) is 30.5 Å². The minimum atomic E-state index is -0.983. The molecule has 1 aromatic heterocycles. The van der Waals surface area contributed by atoms with Gasteiger partial charge >= 0.3 is 5.97 Å². The van der Waals surface area contributed by atoms with Gasteiger partial charge in [0.2, 0.25) is 0 Å². The number of aromatic nitrogens is 2. The summed E-state index contributed by atoms with van der Waals surface area (Å²) in [6.07, 6.45) is 5.20. The van der Waals surface area contributed by atoms with E-state index < -0.39 is 5.97 Å². The molecule has 0 saturated heterocycles. The highest BCUT2D eigenvalue weighted by molar-refractivity contribution is 5.77. The number of hydrogen-bond donors (Lipinski definition) is 2. The van der Waals surface area contributed by atoms with E-state index in [1.807, 2.05) is 0 Å². The van der Waals surface area contributed by atoms with Crippen molar-refractivity contribution in [2.45, 2.75) is 6.54 Å². The zero-order valence-corrected chi connectivity index (χ0v) is 10.7. The van der Waals surface area contributed by atoms with Crippen molar-refractivity contribution in [1.29, 1.82) is 0 Å². The van der Waals surface area contributed by atoms with Crippen LogP contribution in [-0.2, 0) is 11.3 Å². The molecule has 0 atom stereocenters. The van der Waals surface area contributed by atoms with Gasteiger partial charge in [0.15, 0.2) is 0 Å². The fourth-order valence-corrected chi connectivity index (χ4v) is 1.91. The molecule has 0 amide bonds. The molecule has 20 heavy (non-hydrogen) atoms. The lowest BCUT2D eigenvalue weighted by Gasteiger charge is -2.16. The zero-order chi connectivity index (χ0) is 14.5. The van der Waals surface area contributed by atoms with E-state index in [-0.39, 0.29) is 25.2 Å². The molecule has 2 N–H and O–H groups in total. The number of nitrogens with zero attached hydrogens (tertiary/aromatic N) is 2. The van der Waals surface area contributed by atoms with E-state index >= 15 is 0 Å². The molecule has 0 aliphatic heterocycles. The Hall–Kier alpha value is -2.65. The minimum absolute atomic E-state index is 0.169. The third-order valence-corrected chi connectivity index (χ3v) is 2.71. The number of rotatable bonds is 5. The first-order chi connectivity index (χ1) is 9.60. The minimum Gasteiger partial charge on any atom is -0.480 e. The van der Waals surface area contributed by atoms with Crippen molar-refractivity contribution in [2.24, 2.45) is 0 Å². The molecular formula is C14H13N3O3. The fraction of sp³-hybridized carbons (Fsp3) is 0.214. The van der Waals surface area contributed by atoms with Gasteiger partial charge in [-0.05, 0) is 12.1 Å². The van der Waals surface area contributed by atoms with Gasteiger partial charge in [-0.1, -0.05) is 18.1 Å². The fourth-order valence-electron chi connectivity index (χ4n) is 1.91. The van der Waals surface area contributed by atoms with Gasteiger partial charge in [-0.2, -0.15) is 0 Å². The Morgan fingerprint density at radius 3 is 2.90 bits per heavy atom. The molecule has 0 bridgehead atoms. The second-order valence-corrected chi connectivity index (χ2v) is 4.27. The van der Waals surface area contributed by atoms with Gasteiger partial charge in [-0.15, -0.1) is 6.42 Å². The van der Waals surface area contributed by atoms with Gasteiger partial charge in [0.25, 0.3) is 5.56 Å². The first-order valence-corrected chi connectivity index (χ1v) is 5.95. The van der Waals surface area contributed by atoms with Crippen LogP contribution in [0.3, 0.4) is 0 Å². The van der Waals surface area contributed by atoms with Crippen LogP contribution in [0.1, 0.15) is 5.82 Å². The summed E-state index contributed by atoms with van der Waals surface area (Å²) in [4.78, 5) is 31.1. The number of benzene rings is 1. The van der Waals surface area contributed by atoms with Crippen molar-refractivity contribution in [3.63, 3.8) is 0 Å². The van der Waals surface area contributed by atoms with E-state index in [2.05, 4.69) is 15.9 Å². The number of hydrogen-bond acceptors (Lipinski definition) is 4. The summed E-state index contributed by atoms with van der Waals surface area (Å²) in [6.45, 7) is 0.139. The van der Waals surface area contributed by atoms with Gasteiger partial charge in [0, 0.05) is 0 Å². The van der Waals surface area contributed by atoms with Crippen molar-refractivity contribution in [1.82, 2.24) is 14.9 Å². The molecule has 1 aromatic carbocycles. The summed E-state index contributed by atoms with van der Waals surface area (Å²) < 4.78 is 0. The molecule has 1 heterocycles. The quantitative estimate of drug-likeness (QED) is 0.771. The van der Waals surface area contributed by atoms with Crippen LogP contribution in [0.15, 0.2) is 29.1 Å². The van der Waals surface area contributed by atoms with E-state index in [1.54, 1.807) is 24.3 Å². The zero-order valence-electron chi connectivity index (χ0n) is 10.7. The predicted octanol–water partition coefficient (Wildman–Crippen LogP) is 0.443. The molecule has 0 aliphatic rings. The number of aliphatic carboxylic acids is 1. The largest absolute Gasteiger partial charge is 0.480 e. The van der Waals surface area contributed by atoms with Crippen LogP contribution in [0.2, 0.25) is 0 Å².